The molecule has 7 nitrogen and oxygen atoms in total. The van der Waals surface area contributed by atoms with Gasteiger partial charge in [-0.3, -0.25) is 9.59 Å². The van der Waals surface area contributed by atoms with Gasteiger partial charge in [0.25, 0.3) is 5.91 Å². The van der Waals surface area contributed by atoms with Crippen molar-refractivity contribution in [2.24, 2.45) is 5.92 Å². The molecule has 1 heterocycles. The summed E-state index contributed by atoms with van der Waals surface area (Å²) in [4.78, 5) is 38.6. The van der Waals surface area contributed by atoms with E-state index < -0.39 is 17.8 Å². The second-order valence-electron chi connectivity index (χ2n) is 7.87. The summed E-state index contributed by atoms with van der Waals surface area (Å²) in [5.41, 5.74) is 2.34. The molecule has 4 amide bonds. The predicted octanol–water partition coefficient (Wildman–Crippen LogP) is 3.77. The van der Waals surface area contributed by atoms with E-state index in [2.05, 4.69) is 22.9 Å². The molecule has 3 N–H and O–H groups in total. The number of hydrogen-bond donors (Lipinski definition) is 3. The van der Waals surface area contributed by atoms with E-state index in [-0.39, 0.29) is 12.5 Å². The minimum absolute atomic E-state index is 0.00321. The van der Waals surface area contributed by atoms with Crippen molar-refractivity contribution >= 4 is 29.2 Å². The average Bonchev–Trinajstić information content (AvgIpc) is 2.75. The molecule has 0 saturated carbocycles. The number of rotatable bonds is 5. The van der Waals surface area contributed by atoms with Gasteiger partial charge in [-0.1, -0.05) is 6.92 Å². The summed E-state index contributed by atoms with van der Waals surface area (Å²) in [5, 5.41) is 7.72. The molecule has 0 bridgehead atoms. The molecule has 8 heteroatoms. The molecule has 1 aliphatic heterocycles. The van der Waals surface area contributed by atoms with Crippen molar-refractivity contribution in [1.29, 1.82) is 0 Å². The number of nitrogens with one attached hydrogen (secondary N) is 3. The summed E-state index contributed by atoms with van der Waals surface area (Å²) in [6.45, 7) is 5.30. The van der Waals surface area contributed by atoms with E-state index >= 15 is 0 Å². The molecule has 0 radical (unpaired) electrons. The van der Waals surface area contributed by atoms with Crippen LogP contribution in [0.25, 0.3) is 0 Å². The summed E-state index contributed by atoms with van der Waals surface area (Å²) in [6, 6.07) is 9.95. The van der Waals surface area contributed by atoms with Crippen molar-refractivity contribution < 1.29 is 18.8 Å². The molecule has 1 saturated heterocycles. The summed E-state index contributed by atoms with van der Waals surface area (Å²) in [5.74, 6) is -0.184. The molecule has 0 unspecified atom stereocenters. The van der Waals surface area contributed by atoms with Crippen LogP contribution < -0.4 is 16.0 Å². The van der Waals surface area contributed by atoms with Crippen LogP contribution in [0.4, 0.5) is 20.6 Å². The number of urea groups is 1. The third-order valence-corrected chi connectivity index (χ3v) is 5.33. The van der Waals surface area contributed by atoms with Crippen LogP contribution in [0.3, 0.4) is 0 Å². The first-order valence-corrected chi connectivity index (χ1v) is 10.3. The van der Waals surface area contributed by atoms with E-state index in [1.54, 1.807) is 18.2 Å². The number of benzene rings is 2. The molecule has 0 aliphatic carbocycles. The molecular formula is C23H27FN4O3. The Morgan fingerprint density at radius 3 is 2.35 bits per heavy atom. The molecule has 0 atom stereocenters. The highest BCUT2D eigenvalue weighted by Crippen LogP contribution is 2.21. The summed E-state index contributed by atoms with van der Waals surface area (Å²) >= 11 is 0. The molecular weight excluding hydrogens is 399 g/mol. The van der Waals surface area contributed by atoms with Crippen molar-refractivity contribution in [3.8, 4) is 0 Å². The van der Waals surface area contributed by atoms with Crippen LogP contribution in [0.5, 0.6) is 0 Å². The van der Waals surface area contributed by atoms with Crippen LogP contribution in [0.1, 0.15) is 35.7 Å². The van der Waals surface area contributed by atoms with Crippen LogP contribution in [0.2, 0.25) is 0 Å². The Morgan fingerprint density at radius 2 is 1.71 bits per heavy atom. The molecule has 2 aromatic carbocycles. The van der Waals surface area contributed by atoms with E-state index in [0.717, 1.165) is 31.5 Å². The molecule has 31 heavy (non-hydrogen) atoms. The Morgan fingerprint density at radius 1 is 1.03 bits per heavy atom. The number of amides is 4. The van der Waals surface area contributed by atoms with Crippen molar-refractivity contribution in [3.63, 3.8) is 0 Å². The van der Waals surface area contributed by atoms with Crippen LogP contribution >= 0.6 is 0 Å². The number of piperidine rings is 1. The maximum absolute atomic E-state index is 12.9. The van der Waals surface area contributed by atoms with Gasteiger partial charge >= 0.3 is 6.03 Å². The van der Waals surface area contributed by atoms with Crippen molar-refractivity contribution in [1.82, 2.24) is 10.2 Å². The Balaban J connectivity index is 1.50. The van der Waals surface area contributed by atoms with Crippen molar-refractivity contribution in [2.45, 2.75) is 26.7 Å². The van der Waals surface area contributed by atoms with E-state index in [0.29, 0.717) is 22.9 Å². The minimum atomic E-state index is -0.540. The highest BCUT2D eigenvalue weighted by atomic mass is 19.1. The number of carbonyl (C=O) groups excluding carboxylic acids is 3. The molecule has 0 aromatic heterocycles. The Kier molecular flexibility index (Phi) is 7.23. The van der Waals surface area contributed by atoms with Gasteiger partial charge in [0.05, 0.1) is 6.54 Å². The zero-order valence-electron chi connectivity index (χ0n) is 17.7. The number of halogens is 1. The van der Waals surface area contributed by atoms with Gasteiger partial charge in [0.2, 0.25) is 5.91 Å². The number of carbonyl (C=O) groups is 3. The number of hydrogen-bond acceptors (Lipinski definition) is 3. The topological polar surface area (TPSA) is 90.5 Å². The highest BCUT2D eigenvalue weighted by Gasteiger charge is 2.21. The smallest absolute Gasteiger partial charge is 0.319 e. The zero-order chi connectivity index (χ0) is 22.4. The zero-order valence-corrected chi connectivity index (χ0v) is 17.7. The quantitative estimate of drug-likeness (QED) is 0.680. The summed E-state index contributed by atoms with van der Waals surface area (Å²) in [7, 11) is 0. The van der Waals surface area contributed by atoms with E-state index in [9.17, 15) is 18.8 Å². The highest BCUT2D eigenvalue weighted by molar-refractivity contribution is 5.98. The maximum atomic E-state index is 12.9. The van der Waals surface area contributed by atoms with Gasteiger partial charge in [-0.15, -0.1) is 0 Å². The van der Waals surface area contributed by atoms with Crippen LogP contribution in [-0.4, -0.2) is 42.4 Å². The molecule has 2 aromatic rings. The van der Waals surface area contributed by atoms with E-state index in [1.807, 2.05) is 11.8 Å². The lowest BCUT2D eigenvalue weighted by molar-refractivity contribution is -0.115. The first-order valence-electron chi connectivity index (χ1n) is 10.3. The molecule has 3 rings (SSSR count). The first kappa shape index (κ1) is 22.3. The second-order valence-corrected chi connectivity index (χ2v) is 7.87. The SMILES string of the molecule is Cc1cc(C(=O)N2CCC(C)CC2)ccc1NC(=O)NCC(=O)Nc1ccc(F)cc1. The lowest BCUT2D eigenvalue weighted by atomic mass is 9.98. The summed E-state index contributed by atoms with van der Waals surface area (Å²) in [6.07, 6.45) is 2.03. The standard InChI is InChI=1S/C23H27FN4O3/c1-15-9-11-28(12-10-15)22(30)17-3-8-20(16(2)13-17)27-23(31)25-14-21(29)26-19-6-4-18(24)5-7-19/h3-8,13,15H,9-12,14H2,1-2H3,(H,26,29)(H2,25,27,31). The average molecular weight is 426 g/mol. The molecule has 1 fully saturated rings. The largest absolute Gasteiger partial charge is 0.339 e. The van der Waals surface area contributed by atoms with Crippen LogP contribution in [0.15, 0.2) is 42.5 Å². The third kappa shape index (κ3) is 6.28. The van der Waals surface area contributed by atoms with Crippen molar-refractivity contribution in [2.75, 3.05) is 30.3 Å². The Labute approximate surface area is 181 Å². The normalized spacial score (nSPS) is 14.1. The Bertz CT molecular complexity index is 954. The number of nitrogens with zero attached hydrogens (tertiary/aromatic N) is 1. The fourth-order valence-electron chi connectivity index (χ4n) is 3.40. The van der Waals surface area contributed by atoms with E-state index in [1.165, 1.54) is 24.3 Å². The monoisotopic (exact) mass is 426 g/mol. The lowest BCUT2D eigenvalue weighted by Gasteiger charge is -2.30. The van der Waals surface area contributed by atoms with Gasteiger partial charge in [0.1, 0.15) is 5.82 Å². The predicted molar refractivity (Wildman–Crippen MR) is 118 cm³/mol. The number of likely N-dealkylation sites (tertiary alicyclic amines) is 1. The van der Waals surface area contributed by atoms with Crippen LogP contribution in [0, 0.1) is 18.7 Å². The van der Waals surface area contributed by atoms with Crippen LogP contribution in [-0.2, 0) is 4.79 Å². The van der Waals surface area contributed by atoms with Gasteiger partial charge in [0.15, 0.2) is 0 Å². The van der Waals surface area contributed by atoms with Gasteiger partial charge in [0, 0.05) is 30.0 Å². The number of anilines is 2. The third-order valence-electron chi connectivity index (χ3n) is 5.33. The Hall–Kier alpha value is -3.42. The molecule has 0 spiro atoms. The fourth-order valence-corrected chi connectivity index (χ4v) is 3.40. The van der Waals surface area contributed by atoms with Gasteiger partial charge in [-0.2, -0.15) is 0 Å². The van der Waals surface area contributed by atoms with Crippen molar-refractivity contribution in [3.05, 3.63) is 59.4 Å². The van der Waals surface area contributed by atoms with Gasteiger partial charge < -0.3 is 20.9 Å². The molecule has 1 aliphatic rings. The fraction of sp³-hybridized carbons (Fsp3) is 0.348. The number of aryl methyl sites for hydroxylation is 1. The molecule has 164 valence electrons. The van der Waals surface area contributed by atoms with Gasteiger partial charge in [-0.25, -0.2) is 9.18 Å². The van der Waals surface area contributed by atoms with E-state index in [4.69, 9.17) is 0 Å². The maximum Gasteiger partial charge on any atom is 0.319 e. The lowest BCUT2D eigenvalue weighted by Crippen LogP contribution is -2.38. The second kappa shape index (κ2) is 10.1. The first-order chi connectivity index (χ1) is 14.8. The minimum Gasteiger partial charge on any atom is -0.339 e. The summed E-state index contributed by atoms with van der Waals surface area (Å²) < 4.78 is 12.9. The van der Waals surface area contributed by atoms with Gasteiger partial charge in [-0.05, 0) is 73.7 Å².